The highest BCUT2D eigenvalue weighted by Gasteiger charge is 2.28. The predicted molar refractivity (Wildman–Crippen MR) is 115 cm³/mol. The molecule has 0 aliphatic rings. The van der Waals surface area contributed by atoms with Gasteiger partial charge in [-0.1, -0.05) is 19.0 Å². The van der Waals surface area contributed by atoms with Gasteiger partial charge >= 0.3 is 17.8 Å². The van der Waals surface area contributed by atoms with Crippen LogP contribution in [0, 0.1) is 17.6 Å². The van der Waals surface area contributed by atoms with Crippen molar-refractivity contribution in [2.45, 2.75) is 24.8 Å². The van der Waals surface area contributed by atoms with Crippen molar-refractivity contribution in [1.29, 1.82) is 0 Å². The largest absolute Gasteiger partial charge is 0.467 e. The van der Waals surface area contributed by atoms with E-state index in [4.69, 9.17) is 4.52 Å². The summed E-state index contributed by atoms with van der Waals surface area (Å²) in [6.45, 7) is 3.45. The van der Waals surface area contributed by atoms with Crippen molar-refractivity contribution in [2.24, 2.45) is 5.92 Å². The maximum Gasteiger partial charge on any atom is 0.328 e. The lowest BCUT2D eigenvalue weighted by Gasteiger charge is -2.18. The normalized spacial score (nSPS) is 12.3. The Balaban J connectivity index is 1.73. The highest BCUT2D eigenvalue weighted by Crippen LogP contribution is 2.23. The van der Waals surface area contributed by atoms with E-state index in [0.717, 1.165) is 12.1 Å². The molecule has 10 nitrogen and oxygen atoms in total. The van der Waals surface area contributed by atoms with Gasteiger partial charge in [-0.3, -0.25) is 9.52 Å². The molecular formula is C21H20F2N4O6S. The fourth-order valence-corrected chi connectivity index (χ4v) is 3.97. The number of sulfonamides is 1. The monoisotopic (exact) mass is 494 g/mol. The lowest BCUT2D eigenvalue weighted by atomic mass is 10.0. The average molecular weight is 494 g/mol. The zero-order chi connectivity index (χ0) is 25.0. The van der Waals surface area contributed by atoms with Crippen molar-refractivity contribution in [2.75, 3.05) is 11.8 Å². The first kappa shape index (κ1) is 24.8. The van der Waals surface area contributed by atoms with Gasteiger partial charge in [-0.2, -0.15) is 4.98 Å². The number of nitrogens with one attached hydrogen (secondary N) is 2. The lowest BCUT2D eigenvalue weighted by molar-refractivity contribution is -0.144. The van der Waals surface area contributed by atoms with Crippen LogP contribution in [0.3, 0.4) is 0 Å². The number of methoxy groups -OCH3 is 1. The van der Waals surface area contributed by atoms with Gasteiger partial charge in [0.1, 0.15) is 22.6 Å². The molecule has 1 aromatic heterocycles. The minimum absolute atomic E-state index is 0.0308. The molecule has 0 aliphatic heterocycles. The Labute approximate surface area is 193 Å². The number of nitrogens with zero attached hydrogens (tertiary/aromatic N) is 2. The molecule has 0 aliphatic carbocycles. The first-order valence-electron chi connectivity index (χ1n) is 9.82. The van der Waals surface area contributed by atoms with E-state index in [-0.39, 0.29) is 23.3 Å². The Hall–Kier alpha value is -3.87. The van der Waals surface area contributed by atoms with Gasteiger partial charge in [0.05, 0.1) is 7.11 Å². The van der Waals surface area contributed by atoms with Crippen LogP contribution in [0.5, 0.6) is 0 Å². The molecule has 13 heteroatoms. The molecule has 0 bridgehead atoms. The van der Waals surface area contributed by atoms with Crippen LogP contribution in [0.2, 0.25) is 0 Å². The highest BCUT2D eigenvalue weighted by atomic mass is 32.2. The van der Waals surface area contributed by atoms with Crippen molar-refractivity contribution in [3.8, 4) is 11.4 Å². The molecule has 3 rings (SSSR count). The van der Waals surface area contributed by atoms with Gasteiger partial charge in [0, 0.05) is 17.3 Å². The first-order chi connectivity index (χ1) is 16.0. The number of esters is 1. The molecule has 3 aromatic rings. The van der Waals surface area contributed by atoms with Gasteiger partial charge in [-0.25, -0.2) is 22.0 Å². The Morgan fingerprint density at radius 3 is 2.35 bits per heavy atom. The molecule has 0 unspecified atom stereocenters. The quantitative estimate of drug-likeness (QED) is 0.456. The summed E-state index contributed by atoms with van der Waals surface area (Å²) in [5.41, 5.74) is 0.471. The fraction of sp³-hybridized carbons (Fsp3) is 0.238. The Morgan fingerprint density at radius 1 is 1.09 bits per heavy atom. The second-order valence-electron chi connectivity index (χ2n) is 7.40. The van der Waals surface area contributed by atoms with E-state index in [2.05, 4.69) is 24.9 Å². The van der Waals surface area contributed by atoms with E-state index in [0.29, 0.717) is 11.6 Å². The summed E-state index contributed by atoms with van der Waals surface area (Å²) in [6, 6.07) is 6.80. The SMILES string of the molecule is COC(=O)[C@@H](NC(=O)c1nc(-c2ccc(NS(=O)(=O)c3ccc(F)cc3F)cc2)no1)C(C)C. The molecule has 1 atom stereocenters. The molecule has 0 fully saturated rings. The van der Waals surface area contributed by atoms with E-state index < -0.39 is 44.5 Å². The molecule has 180 valence electrons. The molecule has 2 N–H and O–H groups in total. The lowest BCUT2D eigenvalue weighted by Crippen LogP contribution is -2.45. The van der Waals surface area contributed by atoms with Gasteiger partial charge in [0.2, 0.25) is 5.82 Å². The molecule has 0 saturated heterocycles. The number of benzene rings is 2. The number of hydrogen-bond donors (Lipinski definition) is 2. The van der Waals surface area contributed by atoms with Crippen LogP contribution >= 0.6 is 0 Å². The van der Waals surface area contributed by atoms with E-state index >= 15 is 0 Å². The average Bonchev–Trinajstić information content (AvgIpc) is 3.27. The van der Waals surface area contributed by atoms with E-state index in [1.54, 1.807) is 13.8 Å². The van der Waals surface area contributed by atoms with Gasteiger partial charge in [-0.15, -0.1) is 0 Å². The Morgan fingerprint density at radius 2 is 1.76 bits per heavy atom. The van der Waals surface area contributed by atoms with Crippen LogP contribution < -0.4 is 10.0 Å². The third kappa shape index (κ3) is 5.54. The van der Waals surface area contributed by atoms with Crippen molar-refractivity contribution >= 4 is 27.6 Å². The standard InChI is InChI=1S/C21H20F2N4O6S/c1-11(2)17(21(29)32-3)24-19(28)20-25-18(26-33-20)12-4-7-14(8-5-12)27-34(30,31)16-9-6-13(22)10-15(16)23/h4-11,17,27H,1-3H3,(H,24,28)/t17-/m0/s1. The van der Waals surface area contributed by atoms with Gasteiger partial charge in [-0.05, 0) is 42.3 Å². The summed E-state index contributed by atoms with van der Waals surface area (Å²) in [5.74, 6) is -4.13. The van der Waals surface area contributed by atoms with E-state index in [1.165, 1.54) is 31.4 Å². The molecule has 2 aromatic carbocycles. The molecule has 0 saturated carbocycles. The molecule has 0 spiro atoms. The minimum atomic E-state index is -4.31. The minimum Gasteiger partial charge on any atom is -0.467 e. The van der Waals surface area contributed by atoms with Crippen LogP contribution in [0.4, 0.5) is 14.5 Å². The predicted octanol–water partition coefficient (Wildman–Crippen LogP) is 2.74. The number of carbonyl (C=O) groups is 2. The van der Waals surface area contributed by atoms with Crippen LogP contribution in [-0.2, 0) is 19.6 Å². The van der Waals surface area contributed by atoms with Crippen molar-refractivity contribution in [3.05, 3.63) is 60.0 Å². The number of amides is 1. The molecule has 1 amide bonds. The van der Waals surface area contributed by atoms with Crippen LogP contribution in [0.15, 0.2) is 51.9 Å². The van der Waals surface area contributed by atoms with E-state index in [9.17, 15) is 26.8 Å². The summed E-state index contributed by atoms with van der Waals surface area (Å²) >= 11 is 0. The van der Waals surface area contributed by atoms with Gasteiger partial charge in [0.25, 0.3) is 10.0 Å². The Bertz CT molecular complexity index is 1310. The van der Waals surface area contributed by atoms with Gasteiger partial charge in [0.15, 0.2) is 0 Å². The number of carbonyl (C=O) groups excluding carboxylic acids is 2. The summed E-state index contributed by atoms with van der Waals surface area (Å²) in [4.78, 5) is 27.5. The molecular weight excluding hydrogens is 474 g/mol. The number of ether oxygens (including phenoxy) is 1. The number of rotatable bonds is 8. The summed E-state index contributed by atoms with van der Waals surface area (Å²) in [5, 5.41) is 6.18. The topological polar surface area (TPSA) is 140 Å². The third-order valence-corrected chi connectivity index (χ3v) is 6.02. The summed E-state index contributed by atoms with van der Waals surface area (Å²) in [7, 11) is -3.10. The van der Waals surface area contributed by atoms with Crippen molar-refractivity contribution < 1.29 is 36.0 Å². The third-order valence-electron chi connectivity index (χ3n) is 4.61. The van der Waals surface area contributed by atoms with Crippen molar-refractivity contribution in [1.82, 2.24) is 15.5 Å². The summed E-state index contributed by atoms with van der Waals surface area (Å²) < 4.78 is 63.5. The summed E-state index contributed by atoms with van der Waals surface area (Å²) in [6.07, 6.45) is 0. The molecule has 0 radical (unpaired) electrons. The molecule has 1 heterocycles. The van der Waals surface area contributed by atoms with Crippen LogP contribution in [0.1, 0.15) is 24.5 Å². The number of hydrogen-bond acceptors (Lipinski definition) is 8. The number of aromatic nitrogens is 2. The van der Waals surface area contributed by atoms with Gasteiger partial charge < -0.3 is 14.6 Å². The fourth-order valence-electron chi connectivity index (χ4n) is 2.85. The zero-order valence-electron chi connectivity index (χ0n) is 18.2. The maximum atomic E-state index is 13.8. The van der Waals surface area contributed by atoms with Crippen LogP contribution in [0.25, 0.3) is 11.4 Å². The second-order valence-corrected chi connectivity index (χ2v) is 9.05. The van der Waals surface area contributed by atoms with Crippen LogP contribution in [-0.4, -0.2) is 43.6 Å². The number of halogens is 2. The Kier molecular flexibility index (Phi) is 7.25. The smallest absolute Gasteiger partial charge is 0.328 e. The maximum absolute atomic E-state index is 13.8. The highest BCUT2D eigenvalue weighted by molar-refractivity contribution is 7.92. The number of anilines is 1. The van der Waals surface area contributed by atoms with E-state index in [1.807, 2.05) is 0 Å². The first-order valence-corrected chi connectivity index (χ1v) is 11.3. The van der Waals surface area contributed by atoms with Crippen molar-refractivity contribution in [3.63, 3.8) is 0 Å². The zero-order valence-corrected chi connectivity index (χ0v) is 19.0. The second kappa shape index (κ2) is 9.95. The molecule has 34 heavy (non-hydrogen) atoms.